The number of benzene rings is 1. The van der Waals surface area contributed by atoms with E-state index in [9.17, 15) is 9.90 Å². The van der Waals surface area contributed by atoms with E-state index in [2.05, 4.69) is 15.2 Å². The fourth-order valence-corrected chi connectivity index (χ4v) is 5.05. The van der Waals surface area contributed by atoms with E-state index in [1.807, 2.05) is 25.1 Å². The first-order valence-electron chi connectivity index (χ1n) is 9.79. The summed E-state index contributed by atoms with van der Waals surface area (Å²) >= 11 is 0. The molecule has 27 heavy (non-hydrogen) atoms. The number of nitrogens with zero attached hydrogens (tertiary/aromatic N) is 2. The number of hydrogen-bond donors (Lipinski definition) is 2. The van der Waals surface area contributed by atoms with Crippen molar-refractivity contribution in [3.05, 3.63) is 41.6 Å². The van der Waals surface area contributed by atoms with Crippen molar-refractivity contribution in [2.45, 2.75) is 39.0 Å². The Hall–Kier alpha value is -2.69. The minimum Gasteiger partial charge on any atom is -0.508 e. The van der Waals surface area contributed by atoms with Crippen molar-refractivity contribution in [3.8, 4) is 17.0 Å². The largest absolute Gasteiger partial charge is 0.508 e. The van der Waals surface area contributed by atoms with E-state index in [1.54, 1.807) is 12.1 Å². The smallest absolute Gasteiger partial charge is 0.182 e. The van der Waals surface area contributed by atoms with Gasteiger partial charge in [-0.1, -0.05) is 12.8 Å². The van der Waals surface area contributed by atoms with Crippen molar-refractivity contribution in [1.82, 2.24) is 15.2 Å². The topological polar surface area (TPSA) is 78.9 Å². The van der Waals surface area contributed by atoms with Gasteiger partial charge in [0.2, 0.25) is 0 Å². The summed E-state index contributed by atoms with van der Waals surface area (Å²) in [4.78, 5) is 18.2. The van der Waals surface area contributed by atoms with E-state index in [-0.39, 0.29) is 17.5 Å². The molecule has 3 aliphatic carbocycles. The highest BCUT2D eigenvalue weighted by Crippen LogP contribution is 2.46. The van der Waals surface area contributed by atoms with Gasteiger partial charge in [-0.3, -0.25) is 9.89 Å². The number of carbonyl (C=O) groups excluding carboxylic acids is 1. The monoisotopic (exact) mass is 361 g/mol. The molecule has 1 unspecified atom stereocenters. The number of aromatic hydroxyl groups is 1. The Balaban J connectivity index is 1.62. The van der Waals surface area contributed by atoms with Gasteiger partial charge >= 0.3 is 0 Å². The van der Waals surface area contributed by atoms with Crippen molar-refractivity contribution in [2.75, 3.05) is 0 Å². The lowest BCUT2D eigenvalue weighted by molar-refractivity contribution is 0.0623. The number of H-pyrrole nitrogens is 1. The molecule has 2 bridgehead atoms. The van der Waals surface area contributed by atoms with Crippen molar-refractivity contribution in [2.24, 2.45) is 17.8 Å². The molecule has 3 saturated carbocycles. The van der Waals surface area contributed by atoms with Gasteiger partial charge < -0.3 is 5.11 Å². The average molecular weight is 361 g/mol. The van der Waals surface area contributed by atoms with Crippen LogP contribution < -0.4 is 0 Å². The highest BCUT2D eigenvalue weighted by molar-refractivity contribution is 6.09. The number of Topliss-reactive ketones (excluding diaryl/α,β-unsaturated/α-hetero) is 1. The lowest BCUT2D eigenvalue weighted by Gasteiger charge is -2.41. The molecule has 1 aromatic carbocycles. The zero-order valence-electron chi connectivity index (χ0n) is 15.4. The summed E-state index contributed by atoms with van der Waals surface area (Å²) in [6.07, 6.45) is 5.96. The maximum absolute atomic E-state index is 13.6. The number of phenolic OH excluding ortho intramolecular Hbond substituents is 1. The van der Waals surface area contributed by atoms with Crippen LogP contribution in [0.1, 0.15) is 48.2 Å². The molecule has 5 heteroatoms. The molecule has 2 N–H and O–H groups in total. The van der Waals surface area contributed by atoms with Gasteiger partial charge in [-0.2, -0.15) is 5.10 Å². The number of aromatic amines is 1. The van der Waals surface area contributed by atoms with E-state index in [0.29, 0.717) is 17.5 Å². The van der Waals surface area contributed by atoms with Gasteiger partial charge in [0.05, 0.1) is 11.1 Å². The fourth-order valence-electron chi connectivity index (χ4n) is 5.05. The molecule has 2 aromatic heterocycles. The summed E-state index contributed by atoms with van der Waals surface area (Å²) in [7, 11) is 0. The third-order valence-corrected chi connectivity index (χ3v) is 6.52. The molecule has 0 aliphatic heterocycles. The maximum Gasteiger partial charge on any atom is 0.182 e. The predicted octanol–water partition coefficient (Wildman–Crippen LogP) is 4.65. The van der Waals surface area contributed by atoms with Crippen LogP contribution in [0.25, 0.3) is 22.3 Å². The third-order valence-electron chi connectivity index (χ3n) is 6.52. The summed E-state index contributed by atoms with van der Waals surface area (Å²) in [5.74, 6) is 1.83. The molecule has 3 aromatic rings. The molecule has 0 saturated heterocycles. The number of aryl methyl sites for hydroxylation is 1. The Kier molecular flexibility index (Phi) is 3.78. The predicted molar refractivity (Wildman–Crippen MR) is 104 cm³/mol. The number of nitrogens with one attached hydrogen (secondary N) is 1. The molecule has 3 fully saturated rings. The normalized spacial score (nSPS) is 24.4. The van der Waals surface area contributed by atoms with E-state index in [0.717, 1.165) is 34.3 Å². The molecular weight excluding hydrogens is 338 g/mol. The first-order valence-corrected chi connectivity index (χ1v) is 9.79. The number of rotatable bonds is 3. The number of hydrogen-bond acceptors (Lipinski definition) is 4. The molecule has 138 valence electrons. The summed E-state index contributed by atoms with van der Waals surface area (Å²) in [5.41, 5.74) is 3.81. The molecule has 0 amide bonds. The second-order valence-electron chi connectivity index (χ2n) is 8.14. The average Bonchev–Trinajstić information content (AvgIpc) is 3.09. The Bertz CT molecular complexity index is 1010. The first kappa shape index (κ1) is 16.5. The van der Waals surface area contributed by atoms with Gasteiger partial charge in [-0.05, 0) is 68.4 Å². The molecular formula is C22H23N3O2. The van der Waals surface area contributed by atoms with Crippen LogP contribution in [0.3, 0.4) is 0 Å². The number of phenols is 1. The number of fused-ring (bicyclic) bond motifs is 4. The molecule has 2 heterocycles. The molecule has 0 radical (unpaired) electrons. The Morgan fingerprint density at radius 2 is 1.89 bits per heavy atom. The number of ketones is 1. The minimum absolute atomic E-state index is 0.130. The molecule has 6 rings (SSSR count). The van der Waals surface area contributed by atoms with Crippen LogP contribution in [0.4, 0.5) is 0 Å². The first-order chi connectivity index (χ1) is 13.1. The molecule has 1 atom stereocenters. The van der Waals surface area contributed by atoms with Gasteiger partial charge in [-0.15, -0.1) is 0 Å². The van der Waals surface area contributed by atoms with Gasteiger partial charge in [0, 0.05) is 22.7 Å². The van der Waals surface area contributed by atoms with Crippen LogP contribution in [-0.4, -0.2) is 26.1 Å². The highest BCUT2D eigenvalue weighted by Gasteiger charge is 2.40. The van der Waals surface area contributed by atoms with E-state index < -0.39 is 0 Å². The summed E-state index contributed by atoms with van der Waals surface area (Å²) < 4.78 is 0. The van der Waals surface area contributed by atoms with E-state index in [4.69, 9.17) is 0 Å². The summed E-state index contributed by atoms with van der Waals surface area (Å²) in [5, 5.41) is 17.7. The SMILES string of the molecule is Cc1[nH]nc2nc(-c3ccc(O)cc3)cc(C(=O)C3CC4CCC3CC4)c12. The zero-order chi connectivity index (χ0) is 18.5. The second-order valence-corrected chi connectivity index (χ2v) is 8.14. The lowest BCUT2D eigenvalue weighted by Crippen LogP contribution is -2.36. The van der Waals surface area contributed by atoms with Crippen LogP contribution >= 0.6 is 0 Å². The van der Waals surface area contributed by atoms with Gasteiger partial charge in [0.15, 0.2) is 11.4 Å². The molecule has 5 nitrogen and oxygen atoms in total. The van der Waals surface area contributed by atoms with Crippen LogP contribution in [-0.2, 0) is 0 Å². The Labute approximate surface area is 157 Å². The standard InChI is InChI=1S/C22H23N3O2/c1-12-20-18(21(27)17-10-13-2-4-14(17)5-3-13)11-19(23-22(20)25-24-12)15-6-8-16(26)9-7-15/h6-9,11,13-14,17,26H,2-5,10H2,1H3,(H,23,24,25). The van der Waals surface area contributed by atoms with E-state index in [1.165, 1.54) is 25.7 Å². The summed E-state index contributed by atoms with van der Waals surface area (Å²) in [6.45, 7) is 1.95. The van der Waals surface area contributed by atoms with Crippen molar-refractivity contribution in [1.29, 1.82) is 0 Å². The molecule has 3 aliphatic rings. The summed E-state index contributed by atoms with van der Waals surface area (Å²) in [6, 6.07) is 8.83. The van der Waals surface area contributed by atoms with Crippen LogP contribution in [0.5, 0.6) is 5.75 Å². The highest BCUT2D eigenvalue weighted by atomic mass is 16.3. The Morgan fingerprint density at radius 3 is 2.56 bits per heavy atom. The van der Waals surface area contributed by atoms with Gasteiger partial charge in [-0.25, -0.2) is 4.98 Å². The van der Waals surface area contributed by atoms with Crippen LogP contribution in [0.15, 0.2) is 30.3 Å². The van der Waals surface area contributed by atoms with Crippen LogP contribution in [0, 0.1) is 24.7 Å². The molecule has 0 spiro atoms. The quantitative estimate of drug-likeness (QED) is 0.666. The number of aromatic nitrogens is 3. The van der Waals surface area contributed by atoms with Crippen molar-refractivity contribution in [3.63, 3.8) is 0 Å². The minimum atomic E-state index is 0.130. The second kappa shape index (κ2) is 6.19. The lowest BCUT2D eigenvalue weighted by atomic mass is 9.63. The maximum atomic E-state index is 13.6. The van der Waals surface area contributed by atoms with E-state index >= 15 is 0 Å². The number of pyridine rings is 1. The van der Waals surface area contributed by atoms with Gasteiger partial charge in [0.1, 0.15) is 5.75 Å². The Morgan fingerprint density at radius 1 is 1.15 bits per heavy atom. The van der Waals surface area contributed by atoms with Crippen LogP contribution in [0.2, 0.25) is 0 Å². The third kappa shape index (κ3) is 2.73. The van der Waals surface area contributed by atoms with Crippen molar-refractivity contribution < 1.29 is 9.90 Å². The van der Waals surface area contributed by atoms with Crippen molar-refractivity contribution >= 4 is 16.8 Å². The van der Waals surface area contributed by atoms with Gasteiger partial charge in [0.25, 0.3) is 0 Å². The zero-order valence-corrected chi connectivity index (χ0v) is 15.4. The number of carbonyl (C=O) groups is 1. The fraction of sp³-hybridized carbons (Fsp3) is 0.409.